The largest absolute Gasteiger partial charge is 0.508 e. The standard InChI is InChI=1S/C24H26O6/c1-2-3-12-27-24(26)30-19-10-11-20-21(14-19)28-15-22(23(20)25)29-18-9-8-16-6-4-5-7-17(16)13-18/h4-9,13,15,19-21H,2-3,10-12,14H2,1H3. The van der Waals surface area contributed by atoms with Gasteiger partial charge in [-0.2, -0.15) is 0 Å². The quantitative estimate of drug-likeness (QED) is 0.484. The van der Waals surface area contributed by atoms with Crippen LogP contribution in [0.3, 0.4) is 0 Å². The lowest BCUT2D eigenvalue weighted by Crippen LogP contribution is -2.43. The van der Waals surface area contributed by atoms with Crippen molar-refractivity contribution < 1.29 is 28.5 Å². The van der Waals surface area contributed by atoms with Crippen LogP contribution in [0.15, 0.2) is 54.5 Å². The summed E-state index contributed by atoms with van der Waals surface area (Å²) in [4.78, 5) is 24.7. The number of carbonyl (C=O) groups is 2. The Morgan fingerprint density at radius 1 is 1.13 bits per heavy atom. The molecule has 0 radical (unpaired) electrons. The van der Waals surface area contributed by atoms with Crippen molar-refractivity contribution >= 4 is 22.7 Å². The molecule has 1 aliphatic heterocycles. The van der Waals surface area contributed by atoms with Crippen molar-refractivity contribution in [1.29, 1.82) is 0 Å². The zero-order valence-corrected chi connectivity index (χ0v) is 17.0. The van der Waals surface area contributed by atoms with E-state index >= 15 is 0 Å². The Morgan fingerprint density at radius 3 is 2.80 bits per heavy atom. The molecular formula is C24H26O6. The Balaban J connectivity index is 1.36. The average molecular weight is 410 g/mol. The lowest BCUT2D eigenvalue weighted by molar-refractivity contribution is -0.132. The highest BCUT2D eigenvalue weighted by Gasteiger charge is 2.42. The second-order valence-corrected chi connectivity index (χ2v) is 7.74. The number of ether oxygens (including phenoxy) is 4. The van der Waals surface area contributed by atoms with Crippen molar-refractivity contribution in [3.05, 3.63) is 54.5 Å². The van der Waals surface area contributed by atoms with Gasteiger partial charge in [-0.15, -0.1) is 0 Å². The molecule has 2 aromatic carbocycles. The van der Waals surface area contributed by atoms with E-state index < -0.39 is 6.16 Å². The highest BCUT2D eigenvalue weighted by Crippen LogP contribution is 2.35. The molecule has 0 saturated heterocycles. The second kappa shape index (κ2) is 9.20. The topological polar surface area (TPSA) is 71.1 Å². The zero-order valence-electron chi connectivity index (χ0n) is 17.0. The predicted octanol–water partition coefficient (Wildman–Crippen LogP) is 5.15. The number of fused-ring (bicyclic) bond motifs is 2. The first-order chi connectivity index (χ1) is 14.6. The fourth-order valence-corrected chi connectivity index (χ4v) is 3.94. The van der Waals surface area contributed by atoms with Crippen molar-refractivity contribution in [2.24, 2.45) is 5.92 Å². The van der Waals surface area contributed by atoms with Crippen LogP contribution in [-0.2, 0) is 19.0 Å². The molecule has 6 nitrogen and oxygen atoms in total. The molecule has 4 rings (SSSR count). The van der Waals surface area contributed by atoms with Gasteiger partial charge in [-0.1, -0.05) is 43.7 Å². The van der Waals surface area contributed by atoms with Crippen molar-refractivity contribution in [3.8, 4) is 5.75 Å². The van der Waals surface area contributed by atoms with Crippen molar-refractivity contribution in [2.45, 2.75) is 51.2 Å². The maximum Gasteiger partial charge on any atom is 0.508 e. The van der Waals surface area contributed by atoms with Gasteiger partial charge >= 0.3 is 6.16 Å². The van der Waals surface area contributed by atoms with Gasteiger partial charge in [0.1, 0.15) is 24.2 Å². The van der Waals surface area contributed by atoms with Crippen LogP contribution in [0.4, 0.5) is 4.79 Å². The van der Waals surface area contributed by atoms with Crippen LogP contribution in [-0.4, -0.2) is 30.8 Å². The minimum atomic E-state index is -0.648. The third-order valence-electron chi connectivity index (χ3n) is 5.60. The highest BCUT2D eigenvalue weighted by molar-refractivity contribution is 5.96. The fourth-order valence-electron chi connectivity index (χ4n) is 3.94. The van der Waals surface area contributed by atoms with Crippen molar-refractivity contribution in [3.63, 3.8) is 0 Å². The normalized spacial score (nSPS) is 23.2. The van der Waals surface area contributed by atoms with E-state index in [0.29, 0.717) is 31.6 Å². The number of ketones is 1. The molecule has 2 aliphatic rings. The van der Waals surface area contributed by atoms with Gasteiger partial charge in [-0.25, -0.2) is 4.79 Å². The summed E-state index contributed by atoms with van der Waals surface area (Å²) < 4.78 is 22.1. The molecule has 1 saturated carbocycles. The number of rotatable bonds is 6. The van der Waals surface area contributed by atoms with E-state index in [1.807, 2.05) is 49.4 Å². The van der Waals surface area contributed by atoms with Crippen LogP contribution in [0, 0.1) is 5.92 Å². The number of carbonyl (C=O) groups excluding carboxylic acids is 2. The molecule has 30 heavy (non-hydrogen) atoms. The number of hydrogen-bond donors (Lipinski definition) is 0. The van der Waals surface area contributed by atoms with Crippen LogP contribution >= 0.6 is 0 Å². The number of Topliss-reactive ketones (excluding diaryl/α,β-unsaturated/α-hetero) is 1. The Hall–Kier alpha value is -3.02. The van der Waals surface area contributed by atoms with E-state index in [2.05, 4.69) is 0 Å². The molecule has 0 N–H and O–H groups in total. The molecule has 1 aliphatic carbocycles. The summed E-state index contributed by atoms with van der Waals surface area (Å²) in [5.41, 5.74) is 0. The first-order valence-electron chi connectivity index (χ1n) is 10.5. The molecular weight excluding hydrogens is 384 g/mol. The number of hydrogen-bond acceptors (Lipinski definition) is 6. The lowest BCUT2D eigenvalue weighted by Gasteiger charge is -2.36. The maximum absolute atomic E-state index is 12.9. The summed E-state index contributed by atoms with van der Waals surface area (Å²) in [7, 11) is 0. The van der Waals surface area contributed by atoms with E-state index in [4.69, 9.17) is 18.9 Å². The number of unbranched alkanes of at least 4 members (excludes halogenated alkanes) is 1. The monoisotopic (exact) mass is 410 g/mol. The van der Waals surface area contributed by atoms with Crippen LogP contribution in [0.1, 0.15) is 39.0 Å². The zero-order chi connectivity index (χ0) is 20.9. The molecule has 1 fully saturated rings. The molecule has 1 heterocycles. The van der Waals surface area contributed by atoms with Gasteiger partial charge in [-0.05, 0) is 42.2 Å². The first kappa shape index (κ1) is 20.3. The van der Waals surface area contributed by atoms with Crippen LogP contribution in [0.25, 0.3) is 10.8 Å². The summed E-state index contributed by atoms with van der Waals surface area (Å²) in [6.07, 6.45) is 3.54. The Kier molecular flexibility index (Phi) is 6.21. The van der Waals surface area contributed by atoms with E-state index in [1.54, 1.807) is 0 Å². The Bertz CT molecular complexity index is 950. The first-order valence-corrected chi connectivity index (χ1v) is 10.5. The third-order valence-corrected chi connectivity index (χ3v) is 5.60. The lowest BCUT2D eigenvalue weighted by atomic mass is 9.80. The second-order valence-electron chi connectivity index (χ2n) is 7.74. The SMILES string of the molecule is CCCCOC(=O)OC1CCC2C(=O)C(Oc3ccc4ccccc4c3)=COC2C1. The van der Waals surface area contributed by atoms with Crippen LogP contribution in [0.2, 0.25) is 0 Å². The van der Waals surface area contributed by atoms with E-state index in [0.717, 1.165) is 23.6 Å². The molecule has 6 heteroatoms. The third kappa shape index (κ3) is 4.58. The van der Waals surface area contributed by atoms with Gasteiger partial charge in [0.15, 0.2) is 0 Å². The minimum Gasteiger partial charge on any atom is -0.493 e. The summed E-state index contributed by atoms with van der Waals surface area (Å²) in [5.74, 6) is 0.455. The van der Waals surface area contributed by atoms with Crippen LogP contribution < -0.4 is 4.74 Å². The Labute approximate surface area is 175 Å². The van der Waals surface area contributed by atoms with Crippen molar-refractivity contribution in [1.82, 2.24) is 0 Å². The molecule has 0 bridgehead atoms. The Morgan fingerprint density at radius 2 is 1.97 bits per heavy atom. The molecule has 158 valence electrons. The van der Waals surface area contributed by atoms with Gasteiger partial charge in [0.2, 0.25) is 11.5 Å². The van der Waals surface area contributed by atoms with Crippen LogP contribution in [0.5, 0.6) is 5.75 Å². The maximum atomic E-state index is 12.9. The van der Waals surface area contributed by atoms with E-state index in [-0.39, 0.29) is 29.7 Å². The van der Waals surface area contributed by atoms with E-state index in [9.17, 15) is 9.59 Å². The number of benzene rings is 2. The van der Waals surface area contributed by atoms with Crippen molar-refractivity contribution in [2.75, 3.05) is 6.61 Å². The summed E-state index contributed by atoms with van der Waals surface area (Å²) in [6.45, 7) is 2.39. The molecule has 0 aromatic heterocycles. The highest BCUT2D eigenvalue weighted by atomic mass is 16.7. The number of allylic oxidation sites excluding steroid dienone is 1. The summed E-state index contributed by atoms with van der Waals surface area (Å²) >= 11 is 0. The molecule has 3 unspecified atom stereocenters. The van der Waals surface area contributed by atoms with E-state index in [1.165, 1.54) is 6.26 Å². The smallest absolute Gasteiger partial charge is 0.493 e. The van der Waals surface area contributed by atoms with Gasteiger partial charge in [0, 0.05) is 6.42 Å². The average Bonchev–Trinajstić information content (AvgIpc) is 2.76. The minimum absolute atomic E-state index is 0.0663. The molecule has 0 spiro atoms. The van der Waals surface area contributed by atoms with Gasteiger partial charge in [0.05, 0.1) is 12.5 Å². The molecule has 0 amide bonds. The van der Waals surface area contributed by atoms with Gasteiger partial charge in [-0.3, -0.25) is 4.79 Å². The van der Waals surface area contributed by atoms with Gasteiger partial charge < -0.3 is 18.9 Å². The summed E-state index contributed by atoms with van der Waals surface area (Å²) in [5, 5.41) is 2.15. The predicted molar refractivity (Wildman–Crippen MR) is 111 cm³/mol. The summed E-state index contributed by atoms with van der Waals surface area (Å²) in [6, 6.07) is 13.7. The fraction of sp³-hybridized carbons (Fsp3) is 0.417. The molecule has 3 atom stereocenters. The van der Waals surface area contributed by atoms with Gasteiger partial charge in [0.25, 0.3) is 0 Å². The molecule has 2 aromatic rings.